The minimum atomic E-state index is -0.365. The summed E-state index contributed by atoms with van der Waals surface area (Å²) in [6.45, 7) is 4.09. The molecule has 30 heavy (non-hydrogen) atoms. The Morgan fingerprint density at radius 1 is 1.13 bits per heavy atom. The monoisotopic (exact) mass is 467 g/mol. The van der Waals surface area contributed by atoms with Crippen molar-refractivity contribution in [2.24, 2.45) is 0 Å². The van der Waals surface area contributed by atoms with Crippen LogP contribution in [0.25, 0.3) is 22.4 Å². The van der Waals surface area contributed by atoms with Crippen LogP contribution in [0.1, 0.15) is 29.7 Å². The largest absolute Gasteiger partial charge is 0.465 e. The second kappa shape index (κ2) is 8.88. The molecule has 0 aliphatic rings. The summed E-state index contributed by atoms with van der Waals surface area (Å²) in [4.78, 5) is 16.1. The van der Waals surface area contributed by atoms with Crippen LogP contribution in [-0.4, -0.2) is 22.4 Å². The molecule has 2 heterocycles. The third-order valence-electron chi connectivity index (χ3n) is 4.84. The summed E-state index contributed by atoms with van der Waals surface area (Å²) in [5.74, 6) is 1.97. The van der Waals surface area contributed by atoms with Crippen LogP contribution in [0.4, 0.5) is 0 Å². The molecule has 0 spiro atoms. The Bertz CT molecular complexity index is 1160. The lowest BCUT2D eigenvalue weighted by atomic mass is 10.1. The number of hydrogen-bond donors (Lipinski definition) is 0. The highest BCUT2D eigenvalue weighted by Gasteiger charge is 2.18. The Kier molecular flexibility index (Phi) is 6.04. The standard InChI is InChI=1S/C24H22BrNO4/c1-3-28-24(27)20(25)12-16-9-10-22-18(11-16)13-19(30-22)14-21-15(2)29-23(26-21)17-7-5-4-6-8-17/h4-11,13,20H,3,12,14H2,1-2H3. The van der Waals surface area contributed by atoms with E-state index in [0.29, 0.717) is 25.3 Å². The van der Waals surface area contributed by atoms with Crippen molar-refractivity contribution in [3.63, 3.8) is 0 Å². The summed E-state index contributed by atoms with van der Waals surface area (Å²) >= 11 is 3.41. The molecule has 0 radical (unpaired) electrons. The van der Waals surface area contributed by atoms with Crippen LogP contribution in [-0.2, 0) is 22.4 Å². The predicted molar refractivity (Wildman–Crippen MR) is 119 cm³/mol. The minimum Gasteiger partial charge on any atom is -0.465 e. The number of furan rings is 1. The smallest absolute Gasteiger partial charge is 0.320 e. The summed E-state index contributed by atoms with van der Waals surface area (Å²) < 4.78 is 16.9. The van der Waals surface area contributed by atoms with E-state index >= 15 is 0 Å². The molecule has 0 aliphatic heterocycles. The van der Waals surface area contributed by atoms with E-state index < -0.39 is 0 Å². The second-order valence-corrected chi connectivity index (χ2v) is 8.18. The van der Waals surface area contributed by atoms with E-state index in [1.54, 1.807) is 6.92 Å². The van der Waals surface area contributed by atoms with E-state index in [2.05, 4.69) is 20.9 Å². The van der Waals surface area contributed by atoms with E-state index in [1.165, 1.54) is 0 Å². The number of aromatic nitrogens is 1. The Balaban J connectivity index is 1.52. The highest BCUT2D eigenvalue weighted by Crippen LogP contribution is 2.27. The van der Waals surface area contributed by atoms with Gasteiger partial charge in [-0.3, -0.25) is 4.79 Å². The van der Waals surface area contributed by atoms with Gasteiger partial charge < -0.3 is 13.6 Å². The number of rotatable bonds is 7. The lowest BCUT2D eigenvalue weighted by molar-refractivity contribution is -0.142. The zero-order chi connectivity index (χ0) is 21.1. The van der Waals surface area contributed by atoms with Gasteiger partial charge >= 0.3 is 5.97 Å². The molecule has 0 amide bonds. The predicted octanol–water partition coefficient (Wildman–Crippen LogP) is 5.86. The summed E-state index contributed by atoms with van der Waals surface area (Å²) in [6.07, 6.45) is 1.11. The van der Waals surface area contributed by atoms with Crippen LogP contribution < -0.4 is 0 Å². The van der Waals surface area contributed by atoms with Crippen LogP contribution in [0, 0.1) is 6.92 Å². The quantitative estimate of drug-likeness (QED) is 0.251. The van der Waals surface area contributed by atoms with E-state index in [1.807, 2.05) is 61.5 Å². The molecule has 6 heteroatoms. The number of hydrogen-bond acceptors (Lipinski definition) is 5. The number of oxazole rings is 1. The van der Waals surface area contributed by atoms with Gasteiger partial charge in [-0.05, 0) is 56.2 Å². The first-order valence-corrected chi connectivity index (χ1v) is 10.8. The fourth-order valence-corrected chi connectivity index (χ4v) is 3.85. The summed E-state index contributed by atoms with van der Waals surface area (Å²) in [6, 6.07) is 17.8. The second-order valence-electron chi connectivity index (χ2n) is 7.07. The minimum absolute atomic E-state index is 0.249. The maximum Gasteiger partial charge on any atom is 0.320 e. The number of aryl methyl sites for hydroxylation is 1. The van der Waals surface area contributed by atoms with E-state index in [9.17, 15) is 4.79 Å². The Hall–Kier alpha value is -2.86. The average molecular weight is 468 g/mol. The topological polar surface area (TPSA) is 65.5 Å². The van der Waals surface area contributed by atoms with Crippen molar-refractivity contribution in [3.05, 3.63) is 77.4 Å². The van der Waals surface area contributed by atoms with Gasteiger partial charge in [0.2, 0.25) is 5.89 Å². The molecular weight excluding hydrogens is 446 g/mol. The van der Waals surface area contributed by atoms with Crippen molar-refractivity contribution < 1.29 is 18.4 Å². The first kappa shape index (κ1) is 20.4. The number of halogens is 1. The lowest BCUT2D eigenvalue weighted by Crippen LogP contribution is -2.19. The van der Waals surface area contributed by atoms with Crippen molar-refractivity contribution >= 4 is 32.9 Å². The summed E-state index contributed by atoms with van der Waals surface area (Å²) in [7, 11) is 0. The number of alkyl halides is 1. The van der Waals surface area contributed by atoms with Gasteiger partial charge in [0.15, 0.2) is 0 Å². The molecule has 0 aliphatic carbocycles. The van der Waals surface area contributed by atoms with Crippen molar-refractivity contribution in [1.29, 1.82) is 0 Å². The van der Waals surface area contributed by atoms with Crippen molar-refractivity contribution in [2.75, 3.05) is 6.61 Å². The van der Waals surface area contributed by atoms with Crippen LogP contribution >= 0.6 is 15.9 Å². The molecule has 0 saturated carbocycles. The number of fused-ring (bicyclic) bond motifs is 1. The van der Waals surface area contributed by atoms with Crippen LogP contribution in [0.3, 0.4) is 0 Å². The Morgan fingerprint density at radius 3 is 2.70 bits per heavy atom. The Labute approximate surface area is 183 Å². The van der Waals surface area contributed by atoms with Crippen molar-refractivity contribution in [2.45, 2.75) is 31.5 Å². The van der Waals surface area contributed by atoms with Crippen molar-refractivity contribution in [3.8, 4) is 11.5 Å². The molecule has 4 aromatic rings. The van der Waals surface area contributed by atoms with Crippen molar-refractivity contribution in [1.82, 2.24) is 4.98 Å². The fourth-order valence-electron chi connectivity index (χ4n) is 3.35. The lowest BCUT2D eigenvalue weighted by Gasteiger charge is -2.08. The molecule has 5 nitrogen and oxygen atoms in total. The maximum absolute atomic E-state index is 11.9. The van der Waals surface area contributed by atoms with Crippen LogP contribution in [0.5, 0.6) is 0 Å². The van der Waals surface area contributed by atoms with Gasteiger partial charge in [0, 0.05) is 10.9 Å². The first-order chi connectivity index (χ1) is 14.5. The average Bonchev–Trinajstić information content (AvgIpc) is 3.31. The Morgan fingerprint density at radius 2 is 1.93 bits per heavy atom. The van der Waals surface area contributed by atoms with Gasteiger partial charge in [-0.1, -0.05) is 40.2 Å². The molecule has 0 bridgehead atoms. The molecule has 2 aromatic carbocycles. The highest BCUT2D eigenvalue weighted by molar-refractivity contribution is 9.10. The molecular formula is C24H22BrNO4. The number of carbonyl (C=O) groups is 1. The molecule has 154 valence electrons. The number of carbonyl (C=O) groups excluding carboxylic acids is 1. The molecule has 1 unspecified atom stereocenters. The van der Waals surface area contributed by atoms with E-state index in [0.717, 1.165) is 39.3 Å². The maximum atomic E-state index is 11.9. The van der Waals surface area contributed by atoms with Gasteiger partial charge in [0.1, 0.15) is 21.9 Å². The van der Waals surface area contributed by atoms with Gasteiger partial charge in [0.05, 0.1) is 18.7 Å². The molecule has 0 saturated heterocycles. The van der Waals surface area contributed by atoms with E-state index in [4.69, 9.17) is 13.6 Å². The SMILES string of the molecule is CCOC(=O)C(Br)Cc1ccc2oc(Cc3nc(-c4ccccc4)oc3C)cc2c1. The summed E-state index contributed by atoms with van der Waals surface area (Å²) in [5.41, 5.74) is 3.65. The highest BCUT2D eigenvalue weighted by atomic mass is 79.9. The normalized spacial score (nSPS) is 12.2. The third kappa shape index (κ3) is 4.49. The van der Waals surface area contributed by atoms with Gasteiger partial charge in [0.25, 0.3) is 0 Å². The summed E-state index contributed by atoms with van der Waals surface area (Å²) in [5, 5.41) is 0.996. The van der Waals surface area contributed by atoms with E-state index in [-0.39, 0.29) is 10.8 Å². The fraction of sp³-hybridized carbons (Fsp3) is 0.250. The number of ether oxygens (including phenoxy) is 1. The first-order valence-electron chi connectivity index (χ1n) is 9.87. The van der Waals surface area contributed by atoms with Crippen LogP contribution in [0.15, 0.2) is 63.4 Å². The zero-order valence-corrected chi connectivity index (χ0v) is 18.4. The van der Waals surface area contributed by atoms with Crippen LogP contribution in [0.2, 0.25) is 0 Å². The van der Waals surface area contributed by atoms with Gasteiger partial charge in [-0.2, -0.15) is 0 Å². The number of nitrogens with zero attached hydrogens (tertiary/aromatic N) is 1. The number of benzene rings is 2. The molecule has 4 rings (SSSR count). The van der Waals surface area contributed by atoms with Gasteiger partial charge in [-0.15, -0.1) is 0 Å². The van der Waals surface area contributed by atoms with Gasteiger partial charge in [-0.25, -0.2) is 4.98 Å². The number of esters is 1. The molecule has 0 N–H and O–H groups in total. The molecule has 0 fully saturated rings. The third-order valence-corrected chi connectivity index (χ3v) is 5.54. The molecule has 2 aromatic heterocycles. The zero-order valence-electron chi connectivity index (χ0n) is 16.9. The molecule has 1 atom stereocenters.